The molecule has 0 spiro atoms. The fraction of sp³-hybridized carbons (Fsp3) is 0.111. The second kappa shape index (κ2) is 5.75. The molecule has 21 heavy (non-hydrogen) atoms. The second-order valence-electron chi connectivity index (χ2n) is 4.89. The van der Waals surface area contributed by atoms with E-state index < -0.39 is 0 Å². The molecule has 0 radical (unpaired) electrons. The van der Waals surface area contributed by atoms with Crippen LogP contribution in [0.4, 0.5) is 17.1 Å². The maximum Gasteiger partial charge on any atom is 0.153 e. The molecule has 3 heteroatoms. The number of fused-ring (bicyclic) bond motifs is 2. The summed E-state index contributed by atoms with van der Waals surface area (Å²) in [5.74, 6) is 1.69. The van der Waals surface area contributed by atoms with Gasteiger partial charge in [-0.25, -0.2) is 0 Å². The summed E-state index contributed by atoms with van der Waals surface area (Å²) in [4.78, 5) is 2.18. The Hall–Kier alpha value is -2.68. The molecule has 0 atom stereocenters. The van der Waals surface area contributed by atoms with Gasteiger partial charge in [-0.3, -0.25) is 0 Å². The molecule has 0 fully saturated rings. The molecule has 1 aliphatic heterocycles. The number of ether oxygens (including phenoxy) is 1. The monoisotopic (exact) mass is 278 g/mol. The first-order valence-electron chi connectivity index (χ1n) is 6.96. The van der Waals surface area contributed by atoms with E-state index in [0.717, 1.165) is 41.7 Å². The third-order valence-corrected chi connectivity index (χ3v) is 3.41. The van der Waals surface area contributed by atoms with Crippen molar-refractivity contribution in [3.63, 3.8) is 0 Å². The van der Waals surface area contributed by atoms with Crippen molar-refractivity contribution < 1.29 is 4.74 Å². The Kier molecular flexibility index (Phi) is 3.65. The molecule has 0 aromatic heterocycles. The van der Waals surface area contributed by atoms with Crippen molar-refractivity contribution in [1.82, 2.24) is 0 Å². The highest BCUT2D eigenvalue weighted by atomic mass is 16.5. The average Bonchev–Trinajstić information content (AvgIpc) is 2.52. The Balaban J connectivity index is 1.92. The molecule has 0 unspecified atom stereocenters. The number of hydrogen-bond donors (Lipinski definition) is 1. The fourth-order valence-corrected chi connectivity index (χ4v) is 2.41. The Morgan fingerprint density at radius 2 is 1.67 bits per heavy atom. The van der Waals surface area contributed by atoms with E-state index in [2.05, 4.69) is 29.4 Å². The molecular formula is C18H18N2O. The number of nitrogens with zero attached hydrogens (tertiary/aromatic N) is 1. The van der Waals surface area contributed by atoms with Crippen LogP contribution in [0.5, 0.6) is 11.5 Å². The van der Waals surface area contributed by atoms with Gasteiger partial charge < -0.3 is 15.0 Å². The van der Waals surface area contributed by atoms with Crippen LogP contribution in [-0.2, 0) is 0 Å². The van der Waals surface area contributed by atoms with Gasteiger partial charge in [-0.1, -0.05) is 24.3 Å². The minimum atomic E-state index is 0.773. The molecule has 0 aliphatic carbocycles. The largest absolute Gasteiger partial charge is 0.453 e. The lowest BCUT2D eigenvalue weighted by molar-refractivity contribution is 0.481. The van der Waals surface area contributed by atoms with Crippen molar-refractivity contribution in [3.8, 4) is 11.5 Å². The van der Waals surface area contributed by atoms with Crippen LogP contribution in [0, 0.1) is 0 Å². The summed E-state index contributed by atoms with van der Waals surface area (Å²) >= 11 is 0. The summed E-state index contributed by atoms with van der Waals surface area (Å²) in [5, 5.41) is 3.39. The molecule has 2 aromatic carbocycles. The smallest absolute Gasteiger partial charge is 0.153 e. The lowest BCUT2D eigenvalue weighted by atomic mass is 10.2. The standard InChI is InChI=1S/C18H18N2O/c1-3-11-20(12-4-2)14-9-10-16-18(13-14)21-17-8-6-5-7-15(17)19-16/h3-10,13,19H,1-2,11-12H2. The Morgan fingerprint density at radius 1 is 0.952 bits per heavy atom. The maximum atomic E-state index is 5.98. The van der Waals surface area contributed by atoms with Gasteiger partial charge in [0.1, 0.15) is 0 Å². The summed E-state index contributed by atoms with van der Waals surface area (Å²) in [5.41, 5.74) is 3.07. The van der Waals surface area contributed by atoms with Gasteiger partial charge in [-0.15, -0.1) is 13.2 Å². The first-order valence-corrected chi connectivity index (χ1v) is 6.96. The van der Waals surface area contributed by atoms with Crippen LogP contribution in [0.1, 0.15) is 0 Å². The summed E-state index contributed by atoms with van der Waals surface area (Å²) in [6.45, 7) is 9.16. The van der Waals surface area contributed by atoms with Crippen LogP contribution in [0.15, 0.2) is 67.8 Å². The highest BCUT2D eigenvalue weighted by Crippen LogP contribution is 2.43. The zero-order valence-corrected chi connectivity index (χ0v) is 11.9. The molecule has 3 rings (SSSR count). The van der Waals surface area contributed by atoms with E-state index in [1.165, 1.54) is 0 Å². The van der Waals surface area contributed by atoms with Gasteiger partial charge in [0.05, 0.1) is 11.4 Å². The van der Waals surface area contributed by atoms with Crippen LogP contribution >= 0.6 is 0 Å². The lowest BCUT2D eigenvalue weighted by Gasteiger charge is -2.26. The first-order chi connectivity index (χ1) is 10.3. The SMILES string of the molecule is C=CCN(CC=C)c1ccc2c(c1)Oc1ccccc1N2. The van der Waals surface area contributed by atoms with Crippen LogP contribution in [0.2, 0.25) is 0 Å². The van der Waals surface area contributed by atoms with Gasteiger partial charge in [-0.2, -0.15) is 0 Å². The molecule has 2 aromatic rings. The number of anilines is 3. The number of rotatable bonds is 5. The maximum absolute atomic E-state index is 5.98. The number of hydrogen-bond acceptors (Lipinski definition) is 3. The molecule has 0 bridgehead atoms. The van der Waals surface area contributed by atoms with Gasteiger partial charge in [0.15, 0.2) is 11.5 Å². The van der Waals surface area contributed by atoms with Gasteiger partial charge >= 0.3 is 0 Å². The van der Waals surface area contributed by atoms with Crippen molar-refractivity contribution in [3.05, 3.63) is 67.8 Å². The van der Waals surface area contributed by atoms with E-state index in [-0.39, 0.29) is 0 Å². The highest BCUT2D eigenvalue weighted by Gasteiger charge is 2.17. The number of benzene rings is 2. The van der Waals surface area contributed by atoms with Crippen LogP contribution in [-0.4, -0.2) is 13.1 Å². The van der Waals surface area contributed by atoms with E-state index >= 15 is 0 Å². The number of para-hydroxylation sites is 2. The Labute approximate surface area is 125 Å². The van der Waals surface area contributed by atoms with E-state index in [0.29, 0.717) is 0 Å². The van der Waals surface area contributed by atoms with E-state index in [1.54, 1.807) is 0 Å². The van der Waals surface area contributed by atoms with Gasteiger partial charge in [0, 0.05) is 24.8 Å². The third-order valence-electron chi connectivity index (χ3n) is 3.41. The Bertz CT molecular complexity index is 669. The summed E-state index contributed by atoms with van der Waals surface area (Å²) in [6.07, 6.45) is 3.77. The zero-order chi connectivity index (χ0) is 14.7. The van der Waals surface area contributed by atoms with Crippen molar-refractivity contribution >= 4 is 17.1 Å². The predicted octanol–water partition coefficient (Wildman–Crippen LogP) is 4.71. The molecule has 106 valence electrons. The molecule has 1 N–H and O–H groups in total. The van der Waals surface area contributed by atoms with Crippen molar-refractivity contribution in [2.45, 2.75) is 0 Å². The molecule has 3 nitrogen and oxygen atoms in total. The summed E-state index contributed by atoms with van der Waals surface area (Å²) in [6, 6.07) is 14.1. The average molecular weight is 278 g/mol. The zero-order valence-electron chi connectivity index (χ0n) is 11.9. The molecule has 1 heterocycles. The van der Waals surface area contributed by atoms with Gasteiger partial charge in [-0.05, 0) is 24.3 Å². The van der Waals surface area contributed by atoms with Crippen LogP contribution in [0.3, 0.4) is 0 Å². The predicted molar refractivity (Wildman–Crippen MR) is 88.8 cm³/mol. The minimum Gasteiger partial charge on any atom is -0.453 e. The molecular weight excluding hydrogens is 260 g/mol. The van der Waals surface area contributed by atoms with Crippen LogP contribution < -0.4 is 15.0 Å². The van der Waals surface area contributed by atoms with Gasteiger partial charge in [0.25, 0.3) is 0 Å². The van der Waals surface area contributed by atoms with E-state index in [9.17, 15) is 0 Å². The lowest BCUT2D eigenvalue weighted by Crippen LogP contribution is -2.23. The van der Waals surface area contributed by atoms with Crippen molar-refractivity contribution in [1.29, 1.82) is 0 Å². The molecule has 1 aliphatic rings. The topological polar surface area (TPSA) is 24.5 Å². The first kappa shape index (κ1) is 13.3. The van der Waals surface area contributed by atoms with Crippen molar-refractivity contribution in [2.75, 3.05) is 23.3 Å². The highest BCUT2D eigenvalue weighted by molar-refractivity contribution is 5.77. The Morgan fingerprint density at radius 3 is 2.43 bits per heavy atom. The minimum absolute atomic E-state index is 0.773. The summed E-state index contributed by atoms with van der Waals surface area (Å²) in [7, 11) is 0. The molecule has 0 amide bonds. The van der Waals surface area contributed by atoms with Crippen LogP contribution in [0.25, 0.3) is 0 Å². The summed E-state index contributed by atoms with van der Waals surface area (Å²) < 4.78 is 5.98. The molecule has 0 saturated heterocycles. The van der Waals surface area contributed by atoms with Gasteiger partial charge in [0.2, 0.25) is 0 Å². The fourth-order valence-electron chi connectivity index (χ4n) is 2.41. The second-order valence-corrected chi connectivity index (χ2v) is 4.89. The molecule has 0 saturated carbocycles. The third kappa shape index (κ3) is 2.63. The quantitative estimate of drug-likeness (QED) is 0.684. The number of nitrogens with one attached hydrogen (secondary N) is 1. The van der Waals surface area contributed by atoms with E-state index in [1.807, 2.05) is 48.6 Å². The van der Waals surface area contributed by atoms with Crippen molar-refractivity contribution in [2.24, 2.45) is 0 Å². The normalized spacial score (nSPS) is 11.4. The van der Waals surface area contributed by atoms with E-state index in [4.69, 9.17) is 4.74 Å².